The lowest BCUT2D eigenvalue weighted by molar-refractivity contribution is -0.121. The predicted octanol–water partition coefficient (Wildman–Crippen LogP) is 2.47. The number of carbonyl (C=O) groups excluding carboxylic acids is 1. The molecular formula is C23H27ClF2N8O2. The number of hydrogen-bond donors (Lipinski definition) is 4. The number of aliphatic imine (C=N–C) groups is 1. The molecule has 2 aromatic rings. The minimum atomic E-state index is -3.13. The fourth-order valence-electron chi connectivity index (χ4n) is 3.71. The van der Waals surface area contributed by atoms with Gasteiger partial charge in [0.25, 0.3) is 0 Å². The molecule has 2 unspecified atom stereocenters. The molecule has 0 spiro atoms. The number of ether oxygens (including phenoxy) is 1. The molecular weight excluding hydrogens is 494 g/mol. The molecule has 1 fully saturated rings. The van der Waals surface area contributed by atoms with Crippen LogP contribution in [0, 0.1) is 10.8 Å². The Balaban J connectivity index is 1.93. The topological polar surface area (TPSA) is 153 Å². The van der Waals surface area contributed by atoms with Crippen LogP contribution in [0.2, 0.25) is 5.02 Å². The Kier molecular flexibility index (Phi) is 9.37. The first-order valence-electron chi connectivity index (χ1n) is 11.1. The van der Waals surface area contributed by atoms with E-state index in [9.17, 15) is 13.6 Å². The van der Waals surface area contributed by atoms with Crippen LogP contribution < -0.4 is 15.8 Å². The molecule has 2 heterocycles. The monoisotopic (exact) mass is 520 g/mol. The zero-order valence-electron chi connectivity index (χ0n) is 19.5. The first-order chi connectivity index (χ1) is 17.2. The van der Waals surface area contributed by atoms with Gasteiger partial charge in [-0.15, -0.1) is 0 Å². The van der Waals surface area contributed by atoms with Gasteiger partial charge in [-0.2, -0.15) is 8.78 Å². The first kappa shape index (κ1) is 27.1. The van der Waals surface area contributed by atoms with Crippen molar-refractivity contribution in [1.82, 2.24) is 20.2 Å². The molecule has 1 saturated heterocycles. The number of rotatable bonds is 10. The molecule has 0 bridgehead atoms. The number of amides is 1. The summed E-state index contributed by atoms with van der Waals surface area (Å²) in [6.07, 6.45) is 5.78. The normalized spacial score (nSPS) is 16.6. The van der Waals surface area contributed by atoms with Gasteiger partial charge in [0.15, 0.2) is 5.92 Å². The molecule has 10 nitrogen and oxygen atoms in total. The molecule has 1 amide bonds. The van der Waals surface area contributed by atoms with Gasteiger partial charge in [-0.25, -0.2) is 9.97 Å². The zero-order valence-corrected chi connectivity index (χ0v) is 20.3. The van der Waals surface area contributed by atoms with E-state index in [-0.39, 0.29) is 33.9 Å². The molecule has 5 N–H and O–H groups in total. The van der Waals surface area contributed by atoms with Gasteiger partial charge >= 0.3 is 6.61 Å². The standard InChI is InChI=1S/C23H27ClF2N8O2/c1-34-9-5-14(6-10-34)32-12-16(19(27)15-11-13(24)3-4-17(15)36-23(25)26)33-22(35)18(20(28)29)21-30-7-2-8-31-21/h2-4,7-8,11-12,14,16,18,23,27H,5-6,9-10H2,1H3,(H3,28,29)(H,33,35). The third kappa shape index (κ3) is 7.25. The van der Waals surface area contributed by atoms with E-state index in [1.807, 2.05) is 7.05 Å². The van der Waals surface area contributed by atoms with Crippen molar-refractivity contribution >= 4 is 35.3 Å². The first-order valence-corrected chi connectivity index (χ1v) is 11.5. The quantitative estimate of drug-likeness (QED) is 0.279. The number of nitrogens with zero attached hydrogens (tertiary/aromatic N) is 4. The highest BCUT2D eigenvalue weighted by molar-refractivity contribution is 6.31. The minimum absolute atomic E-state index is 0.00418. The van der Waals surface area contributed by atoms with E-state index in [0.717, 1.165) is 25.9 Å². The van der Waals surface area contributed by atoms with Gasteiger partial charge in [0.2, 0.25) is 5.91 Å². The lowest BCUT2D eigenvalue weighted by Crippen LogP contribution is -2.47. The fraction of sp³-hybridized carbons (Fsp3) is 0.391. The van der Waals surface area contributed by atoms with Crippen LogP contribution in [-0.2, 0) is 4.79 Å². The summed E-state index contributed by atoms with van der Waals surface area (Å²) >= 11 is 6.07. The Morgan fingerprint density at radius 3 is 2.58 bits per heavy atom. The highest BCUT2D eigenvalue weighted by Gasteiger charge is 2.30. The second-order valence-corrected chi connectivity index (χ2v) is 8.68. The second kappa shape index (κ2) is 12.5. The Bertz CT molecular complexity index is 1110. The molecule has 192 valence electrons. The van der Waals surface area contributed by atoms with Crippen molar-refractivity contribution in [3.05, 3.63) is 53.1 Å². The zero-order chi connectivity index (χ0) is 26.2. The molecule has 36 heavy (non-hydrogen) atoms. The van der Waals surface area contributed by atoms with Gasteiger partial charge in [0, 0.05) is 29.2 Å². The fourth-order valence-corrected chi connectivity index (χ4v) is 3.88. The van der Waals surface area contributed by atoms with Crippen molar-refractivity contribution in [2.24, 2.45) is 10.7 Å². The average Bonchev–Trinajstić information content (AvgIpc) is 2.83. The SMILES string of the molecule is CN1CCC(N=CC(NC(=O)C(C(=N)N)c2ncccn2)C(=N)c2cc(Cl)ccc2OC(F)F)CC1. The summed E-state index contributed by atoms with van der Waals surface area (Å²) in [5.41, 5.74) is 5.34. The van der Waals surface area contributed by atoms with Gasteiger partial charge in [0.1, 0.15) is 23.5 Å². The van der Waals surface area contributed by atoms with Crippen LogP contribution in [0.3, 0.4) is 0 Å². The number of nitrogens with one attached hydrogen (secondary N) is 3. The van der Waals surface area contributed by atoms with E-state index >= 15 is 0 Å². The van der Waals surface area contributed by atoms with E-state index in [4.69, 9.17) is 28.2 Å². The number of piperidine rings is 1. The second-order valence-electron chi connectivity index (χ2n) is 8.25. The number of benzene rings is 1. The van der Waals surface area contributed by atoms with Crippen molar-refractivity contribution in [2.75, 3.05) is 20.1 Å². The maximum absolute atomic E-state index is 13.2. The van der Waals surface area contributed by atoms with Crippen molar-refractivity contribution < 1.29 is 18.3 Å². The molecule has 2 atom stereocenters. The molecule has 13 heteroatoms. The van der Waals surface area contributed by atoms with Crippen LogP contribution in [0.1, 0.15) is 30.1 Å². The third-order valence-electron chi connectivity index (χ3n) is 5.61. The minimum Gasteiger partial charge on any atom is -0.434 e. The number of alkyl halides is 2. The van der Waals surface area contributed by atoms with Gasteiger partial charge < -0.3 is 26.1 Å². The average molecular weight is 521 g/mol. The summed E-state index contributed by atoms with van der Waals surface area (Å²) in [5.74, 6) is -2.85. The van der Waals surface area contributed by atoms with Crippen molar-refractivity contribution in [2.45, 2.75) is 37.5 Å². The Hall–Kier alpha value is -3.51. The predicted molar refractivity (Wildman–Crippen MR) is 133 cm³/mol. The summed E-state index contributed by atoms with van der Waals surface area (Å²) in [5, 5.41) is 19.5. The third-order valence-corrected chi connectivity index (χ3v) is 5.84. The number of hydrogen-bond acceptors (Lipinski definition) is 8. The van der Waals surface area contributed by atoms with Gasteiger partial charge in [-0.1, -0.05) is 11.6 Å². The maximum Gasteiger partial charge on any atom is 0.387 e. The van der Waals surface area contributed by atoms with Crippen molar-refractivity contribution in [3.8, 4) is 5.75 Å². The molecule has 0 aliphatic carbocycles. The summed E-state index contributed by atoms with van der Waals surface area (Å²) < 4.78 is 30.6. The Morgan fingerprint density at radius 2 is 1.97 bits per heavy atom. The van der Waals surface area contributed by atoms with Crippen LogP contribution in [0.25, 0.3) is 0 Å². The van der Waals surface area contributed by atoms with Crippen LogP contribution in [-0.4, -0.2) is 77.4 Å². The van der Waals surface area contributed by atoms with E-state index in [1.165, 1.54) is 36.8 Å². The van der Waals surface area contributed by atoms with Gasteiger partial charge in [-0.05, 0) is 57.2 Å². The smallest absolute Gasteiger partial charge is 0.387 e. The van der Waals surface area contributed by atoms with E-state index in [2.05, 4.69) is 29.9 Å². The molecule has 1 aliphatic rings. The van der Waals surface area contributed by atoms with Gasteiger partial charge in [0.05, 0.1) is 11.8 Å². The van der Waals surface area contributed by atoms with E-state index in [1.54, 1.807) is 6.07 Å². The molecule has 1 aromatic heterocycles. The van der Waals surface area contributed by atoms with Crippen molar-refractivity contribution in [3.63, 3.8) is 0 Å². The number of halogens is 3. The van der Waals surface area contributed by atoms with E-state index in [0.29, 0.717) is 0 Å². The largest absolute Gasteiger partial charge is 0.434 e. The summed E-state index contributed by atoms with van der Waals surface area (Å²) in [6.45, 7) is -1.44. The van der Waals surface area contributed by atoms with Crippen LogP contribution in [0.4, 0.5) is 8.78 Å². The lowest BCUT2D eigenvalue weighted by Gasteiger charge is -2.27. The molecule has 0 radical (unpaired) electrons. The Labute approximate surface area is 211 Å². The molecule has 3 rings (SSSR count). The molecule has 1 aliphatic heterocycles. The number of aromatic nitrogens is 2. The van der Waals surface area contributed by atoms with Crippen LogP contribution >= 0.6 is 11.6 Å². The summed E-state index contributed by atoms with van der Waals surface area (Å²) in [4.78, 5) is 28.0. The van der Waals surface area contributed by atoms with Crippen LogP contribution in [0.5, 0.6) is 5.75 Å². The number of likely N-dealkylation sites (tertiary alicyclic amines) is 1. The van der Waals surface area contributed by atoms with Crippen molar-refractivity contribution in [1.29, 1.82) is 10.8 Å². The summed E-state index contributed by atoms with van der Waals surface area (Å²) in [6, 6.07) is 4.23. The highest BCUT2D eigenvalue weighted by atomic mass is 35.5. The highest BCUT2D eigenvalue weighted by Crippen LogP contribution is 2.26. The molecule has 0 saturated carbocycles. The number of carbonyl (C=O) groups is 1. The van der Waals surface area contributed by atoms with Gasteiger partial charge in [-0.3, -0.25) is 15.2 Å². The van der Waals surface area contributed by atoms with Crippen LogP contribution in [0.15, 0.2) is 41.7 Å². The molecule has 1 aromatic carbocycles. The number of nitrogens with two attached hydrogens (primary N) is 1. The Morgan fingerprint density at radius 1 is 1.31 bits per heavy atom. The lowest BCUT2D eigenvalue weighted by atomic mass is 10.00. The van der Waals surface area contributed by atoms with E-state index < -0.39 is 30.3 Å². The summed E-state index contributed by atoms with van der Waals surface area (Å²) in [7, 11) is 2.01. The maximum atomic E-state index is 13.2. The number of amidine groups is 1.